The molecule has 3 aromatic rings. The van der Waals surface area contributed by atoms with Crippen molar-refractivity contribution < 1.29 is 8.78 Å². The Hall–Kier alpha value is -3.83. The normalized spacial score (nSPS) is 20.8. The quantitative estimate of drug-likeness (QED) is 0.455. The van der Waals surface area contributed by atoms with Gasteiger partial charge in [0.25, 0.3) is 11.5 Å². The highest BCUT2D eigenvalue weighted by molar-refractivity contribution is 5.80. The highest BCUT2D eigenvalue weighted by Crippen LogP contribution is 2.30. The minimum absolute atomic E-state index is 0.251. The third-order valence-electron chi connectivity index (χ3n) is 6.68. The summed E-state index contributed by atoms with van der Waals surface area (Å²) in [6.07, 6.45) is 9.03. The molecule has 2 aromatic heterocycles. The van der Waals surface area contributed by atoms with Crippen LogP contribution in [-0.4, -0.2) is 56.0 Å². The average molecular weight is 493 g/mol. The first-order valence-corrected chi connectivity index (χ1v) is 11.9. The summed E-state index contributed by atoms with van der Waals surface area (Å²) in [6, 6.07) is 6.19. The number of nitrogens with one attached hydrogen (secondary N) is 3. The third-order valence-corrected chi connectivity index (χ3v) is 6.68. The molecular weight excluding hydrogens is 466 g/mol. The van der Waals surface area contributed by atoms with Gasteiger partial charge in [-0.2, -0.15) is 4.98 Å². The molecular formula is C25H26F2N8O. The van der Waals surface area contributed by atoms with Crippen molar-refractivity contribution in [2.75, 3.05) is 25.0 Å². The van der Waals surface area contributed by atoms with Crippen LogP contribution in [0.4, 0.5) is 20.4 Å². The van der Waals surface area contributed by atoms with E-state index in [0.717, 1.165) is 25.2 Å². The van der Waals surface area contributed by atoms with Crippen molar-refractivity contribution in [1.29, 1.82) is 0 Å². The van der Waals surface area contributed by atoms with Crippen LogP contribution < -0.4 is 21.5 Å². The van der Waals surface area contributed by atoms with E-state index >= 15 is 0 Å². The first kappa shape index (κ1) is 22.6. The number of hydrogen-bond donors (Lipinski definition) is 3. The Morgan fingerprint density at radius 3 is 2.94 bits per heavy atom. The molecule has 1 fully saturated rings. The predicted octanol–water partition coefficient (Wildman–Crippen LogP) is 2.40. The molecule has 1 unspecified atom stereocenters. The van der Waals surface area contributed by atoms with Crippen LogP contribution >= 0.6 is 0 Å². The van der Waals surface area contributed by atoms with E-state index in [4.69, 9.17) is 0 Å². The van der Waals surface area contributed by atoms with E-state index in [0.29, 0.717) is 22.7 Å². The molecule has 6 rings (SSSR count). The molecule has 3 aliphatic heterocycles. The zero-order chi connectivity index (χ0) is 24.9. The second-order valence-corrected chi connectivity index (χ2v) is 9.25. The van der Waals surface area contributed by atoms with Gasteiger partial charge in [0.2, 0.25) is 5.95 Å². The van der Waals surface area contributed by atoms with Crippen molar-refractivity contribution in [3.63, 3.8) is 0 Å². The standard InChI is InChI=1S/C25H26F2N8O/c1-2-9-34-23(36)20-13-30-24(31-18-4-3-16-5-7-28-12-17(16)10-18)32-22(20)35(34)19-6-8-29-21(11-19)33-14-25(26,27)15-33/h2-4,6,8,10-11,13,21,28-29H,1,5,7,9,12,14-15H2,(H,30,31,32). The molecule has 0 saturated carbocycles. The molecule has 1 atom stereocenters. The molecule has 0 amide bonds. The smallest absolute Gasteiger partial charge is 0.278 e. The van der Waals surface area contributed by atoms with Crippen LogP contribution in [0.5, 0.6) is 0 Å². The number of dihydropyridines is 1. The minimum Gasteiger partial charge on any atom is -0.372 e. The van der Waals surface area contributed by atoms with Crippen LogP contribution in [0, 0.1) is 0 Å². The second-order valence-electron chi connectivity index (χ2n) is 9.25. The van der Waals surface area contributed by atoms with Crippen LogP contribution in [0.15, 0.2) is 60.2 Å². The molecule has 5 heterocycles. The van der Waals surface area contributed by atoms with Crippen molar-refractivity contribution >= 4 is 28.4 Å². The molecule has 36 heavy (non-hydrogen) atoms. The van der Waals surface area contributed by atoms with E-state index in [1.165, 1.54) is 22.0 Å². The summed E-state index contributed by atoms with van der Waals surface area (Å²) in [6.45, 7) is 5.17. The number of nitrogens with zero attached hydrogens (tertiary/aromatic N) is 5. The largest absolute Gasteiger partial charge is 0.372 e. The number of benzene rings is 1. The fourth-order valence-electron chi connectivity index (χ4n) is 4.92. The zero-order valence-electron chi connectivity index (χ0n) is 19.5. The summed E-state index contributed by atoms with van der Waals surface area (Å²) < 4.78 is 30.1. The second kappa shape index (κ2) is 8.68. The topological polar surface area (TPSA) is 92.0 Å². The summed E-state index contributed by atoms with van der Waals surface area (Å²) in [4.78, 5) is 23.9. The number of fused-ring (bicyclic) bond motifs is 2. The van der Waals surface area contributed by atoms with Gasteiger partial charge in [0.05, 0.1) is 25.3 Å². The SMILES string of the molecule is C=CCn1c(=O)c2cnc(Nc3ccc4c(c3)CNCC4)nc2n1C1=CC(N2CC(F)(F)C2)NC=C1. The predicted molar refractivity (Wildman–Crippen MR) is 134 cm³/mol. The van der Waals surface area contributed by atoms with E-state index in [2.05, 4.69) is 44.6 Å². The number of halogens is 2. The minimum atomic E-state index is -2.68. The van der Waals surface area contributed by atoms with E-state index in [1.807, 2.05) is 12.1 Å². The van der Waals surface area contributed by atoms with Gasteiger partial charge in [0.15, 0.2) is 5.65 Å². The van der Waals surface area contributed by atoms with E-state index in [9.17, 15) is 13.6 Å². The molecule has 0 bridgehead atoms. The maximum Gasteiger partial charge on any atom is 0.278 e. The van der Waals surface area contributed by atoms with Gasteiger partial charge >= 0.3 is 0 Å². The van der Waals surface area contributed by atoms with Gasteiger partial charge in [-0.05, 0) is 48.4 Å². The van der Waals surface area contributed by atoms with E-state index < -0.39 is 12.1 Å². The van der Waals surface area contributed by atoms with E-state index in [-0.39, 0.29) is 25.2 Å². The number of hydrogen-bond acceptors (Lipinski definition) is 7. The fourth-order valence-corrected chi connectivity index (χ4v) is 4.92. The Morgan fingerprint density at radius 1 is 1.28 bits per heavy atom. The van der Waals surface area contributed by atoms with Gasteiger partial charge in [-0.25, -0.2) is 23.1 Å². The van der Waals surface area contributed by atoms with Crippen LogP contribution in [0.1, 0.15) is 11.1 Å². The van der Waals surface area contributed by atoms with Gasteiger partial charge in [0, 0.05) is 24.6 Å². The Kier molecular flexibility index (Phi) is 5.45. The van der Waals surface area contributed by atoms with Crippen molar-refractivity contribution in [3.05, 3.63) is 76.9 Å². The lowest BCUT2D eigenvalue weighted by Crippen LogP contribution is -2.62. The van der Waals surface area contributed by atoms with Crippen LogP contribution in [0.2, 0.25) is 0 Å². The Morgan fingerprint density at radius 2 is 2.14 bits per heavy atom. The maximum absolute atomic E-state index is 13.5. The monoisotopic (exact) mass is 492 g/mol. The van der Waals surface area contributed by atoms with Crippen LogP contribution in [0.3, 0.4) is 0 Å². The Labute approximate surface area is 205 Å². The zero-order valence-corrected chi connectivity index (χ0v) is 19.5. The molecule has 0 spiro atoms. The summed E-state index contributed by atoms with van der Waals surface area (Å²) >= 11 is 0. The summed E-state index contributed by atoms with van der Waals surface area (Å²) in [5, 5.41) is 10.1. The number of aromatic nitrogens is 4. The molecule has 0 radical (unpaired) electrons. The van der Waals surface area contributed by atoms with E-state index in [1.54, 1.807) is 27.9 Å². The van der Waals surface area contributed by atoms with Crippen molar-refractivity contribution in [3.8, 4) is 0 Å². The summed E-state index contributed by atoms with van der Waals surface area (Å²) in [5.74, 6) is -2.32. The van der Waals surface area contributed by atoms with Gasteiger partial charge in [-0.1, -0.05) is 12.1 Å². The molecule has 0 aliphatic carbocycles. The average Bonchev–Trinajstić information content (AvgIpc) is 3.13. The Balaban J connectivity index is 1.38. The first-order valence-electron chi connectivity index (χ1n) is 11.9. The van der Waals surface area contributed by atoms with Crippen LogP contribution in [-0.2, 0) is 19.5 Å². The van der Waals surface area contributed by atoms with Gasteiger partial charge in [-0.15, -0.1) is 6.58 Å². The Bertz CT molecular complexity index is 1460. The number of allylic oxidation sites excluding steroid dienone is 3. The molecule has 3 N–H and O–H groups in total. The number of alkyl halides is 2. The van der Waals surface area contributed by atoms with Crippen molar-refractivity contribution in [1.82, 2.24) is 34.9 Å². The van der Waals surface area contributed by atoms with Gasteiger partial charge in [-0.3, -0.25) is 9.69 Å². The molecule has 186 valence electrons. The molecule has 3 aliphatic rings. The molecule has 11 heteroatoms. The van der Waals surface area contributed by atoms with Crippen molar-refractivity contribution in [2.45, 2.75) is 31.6 Å². The molecule has 9 nitrogen and oxygen atoms in total. The number of anilines is 2. The summed E-state index contributed by atoms with van der Waals surface area (Å²) in [5.41, 5.74) is 4.23. The van der Waals surface area contributed by atoms with Crippen LogP contribution in [0.25, 0.3) is 16.7 Å². The molecule has 1 aromatic carbocycles. The molecule has 1 saturated heterocycles. The number of likely N-dealkylation sites (tertiary alicyclic amines) is 1. The first-order chi connectivity index (χ1) is 17.4. The van der Waals surface area contributed by atoms with Crippen molar-refractivity contribution in [2.24, 2.45) is 0 Å². The lowest BCUT2D eigenvalue weighted by atomic mass is 10.0. The highest BCUT2D eigenvalue weighted by atomic mass is 19.3. The third kappa shape index (κ3) is 3.99. The maximum atomic E-state index is 13.5. The fraction of sp³-hybridized carbons (Fsp3) is 0.320. The lowest BCUT2D eigenvalue weighted by Gasteiger charge is -2.43. The lowest BCUT2D eigenvalue weighted by molar-refractivity contribution is -0.142. The highest BCUT2D eigenvalue weighted by Gasteiger charge is 2.46. The summed E-state index contributed by atoms with van der Waals surface area (Å²) in [7, 11) is 0. The number of rotatable bonds is 6. The van der Waals surface area contributed by atoms with Gasteiger partial charge in [0.1, 0.15) is 11.6 Å². The van der Waals surface area contributed by atoms with Gasteiger partial charge < -0.3 is 16.0 Å².